The summed E-state index contributed by atoms with van der Waals surface area (Å²) < 4.78 is 28.0. The van der Waals surface area contributed by atoms with Crippen molar-refractivity contribution in [3.05, 3.63) is 68.7 Å². The van der Waals surface area contributed by atoms with E-state index in [4.69, 9.17) is 17.3 Å². The first-order valence-corrected chi connectivity index (χ1v) is 7.28. The van der Waals surface area contributed by atoms with Gasteiger partial charge in [0.25, 0.3) is 0 Å². The summed E-state index contributed by atoms with van der Waals surface area (Å²) >= 11 is 8.90. The van der Waals surface area contributed by atoms with Crippen LogP contribution in [0.2, 0.25) is 5.02 Å². The van der Waals surface area contributed by atoms with Crippen molar-refractivity contribution in [2.24, 2.45) is 5.73 Å². The molecule has 1 atom stereocenters. The summed E-state index contributed by atoms with van der Waals surface area (Å²) in [6.45, 7) is 0.299. The lowest BCUT2D eigenvalue weighted by Gasteiger charge is -2.17. The molecule has 0 saturated heterocycles. The summed E-state index contributed by atoms with van der Waals surface area (Å²) in [5, 5.41) is 0.615. The summed E-state index contributed by atoms with van der Waals surface area (Å²) in [5.74, 6) is -1.29. The van der Waals surface area contributed by atoms with Gasteiger partial charge in [-0.05, 0) is 58.7 Å². The molecule has 0 amide bonds. The standard InChI is InChI=1S/C15H13BrClF2N/c16-13-5-6-14(18)12(15(13)19)7-10(8-20)9-1-3-11(17)4-2-9/h1-6,10H,7-8,20H2. The highest BCUT2D eigenvalue weighted by atomic mass is 79.9. The zero-order valence-electron chi connectivity index (χ0n) is 10.5. The average Bonchev–Trinajstić information content (AvgIpc) is 2.45. The molecule has 0 spiro atoms. The molecule has 0 aromatic heterocycles. The number of rotatable bonds is 4. The van der Waals surface area contributed by atoms with Gasteiger partial charge in [0, 0.05) is 16.5 Å². The zero-order chi connectivity index (χ0) is 14.7. The van der Waals surface area contributed by atoms with E-state index in [-0.39, 0.29) is 22.4 Å². The minimum absolute atomic E-state index is 0.0461. The average molecular weight is 361 g/mol. The van der Waals surface area contributed by atoms with E-state index in [2.05, 4.69) is 15.9 Å². The molecule has 2 aromatic carbocycles. The summed E-state index contributed by atoms with van der Waals surface area (Å²) in [7, 11) is 0. The monoisotopic (exact) mass is 359 g/mol. The van der Waals surface area contributed by atoms with Crippen LogP contribution in [0.4, 0.5) is 8.78 Å². The molecule has 1 unspecified atom stereocenters. The SMILES string of the molecule is NCC(Cc1c(F)ccc(Br)c1F)c1ccc(Cl)cc1. The van der Waals surface area contributed by atoms with Crippen molar-refractivity contribution in [2.45, 2.75) is 12.3 Å². The van der Waals surface area contributed by atoms with Crippen LogP contribution < -0.4 is 5.73 Å². The summed E-state index contributed by atoms with van der Waals surface area (Å²) in [4.78, 5) is 0. The normalized spacial score (nSPS) is 12.4. The Morgan fingerprint density at radius 2 is 1.75 bits per heavy atom. The van der Waals surface area contributed by atoms with Gasteiger partial charge in [-0.3, -0.25) is 0 Å². The van der Waals surface area contributed by atoms with E-state index >= 15 is 0 Å². The fourth-order valence-electron chi connectivity index (χ4n) is 2.07. The highest BCUT2D eigenvalue weighted by molar-refractivity contribution is 9.10. The second-order valence-corrected chi connectivity index (χ2v) is 5.80. The summed E-state index contributed by atoms with van der Waals surface area (Å²) in [6.07, 6.45) is 0.204. The van der Waals surface area contributed by atoms with E-state index in [1.165, 1.54) is 12.1 Å². The minimum atomic E-state index is -0.572. The molecule has 20 heavy (non-hydrogen) atoms. The fraction of sp³-hybridized carbons (Fsp3) is 0.200. The predicted molar refractivity (Wildman–Crippen MR) is 81.0 cm³/mol. The molecule has 2 N–H and O–H groups in total. The Bertz CT molecular complexity index is 602. The van der Waals surface area contributed by atoms with Gasteiger partial charge in [0.2, 0.25) is 0 Å². The van der Waals surface area contributed by atoms with Gasteiger partial charge in [-0.2, -0.15) is 0 Å². The first-order chi connectivity index (χ1) is 9.52. The third-order valence-electron chi connectivity index (χ3n) is 3.22. The van der Waals surface area contributed by atoms with Gasteiger partial charge in [0.1, 0.15) is 11.6 Å². The van der Waals surface area contributed by atoms with Crippen molar-refractivity contribution in [1.29, 1.82) is 0 Å². The lowest BCUT2D eigenvalue weighted by Crippen LogP contribution is -2.16. The molecule has 0 aliphatic carbocycles. The Labute approximate surface area is 129 Å². The smallest absolute Gasteiger partial charge is 0.143 e. The van der Waals surface area contributed by atoms with E-state index in [1.54, 1.807) is 12.1 Å². The first-order valence-electron chi connectivity index (χ1n) is 6.10. The number of hydrogen-bond acceptors (Lipinski definition) is 1. The summed E-state index contributed by atoms with van der Waals surface area (Å²) in [6, 6.07) is 9.74. The number of nitrogens with two attached hydrogens (primary N) is 1. The van der Waals surface area contributed by atoms with Crippen LogP contribution >= 0.6 is 27.5 Å². The lowest BCUT2D eigenvalue weighted by molar-refractivity contribution is 0.534. The fourth-order valence-corrected chi connectivity index (χ4v) is 2.57. The van der Waals surface area contributed by atoms with E-state index in [0.29, 0.717) is 11.6 Å². The van der Waals surface area contributed by atoms with Crippen molar-refractivity contribution in [3.63, 3.8) is 0 Å². The van der Waals surface area contributed by atoms with Crippen LogP contribution in [0.1, 0.15) is 17.0 Å². The lowest BCUT2D eigenvalue weighted by atomic mass is 9.91. The number of hydrogen-bond donors (Lipinski definition) is 1. The van der Waals surface area contributed by atoms with E-state index in [1.807, 2.05) is 12.1 Å². The second kappa shape index (κ2) is 6.66. The largest absolute Gasteiger partial charge is 0.330 e. The van der Waals surface area contributed by atoms with Gasteiger partial charge < -0.3 is 5.73 Å². The van der Waals surface area contributed by atoms with Crippen LogP contribution in [0.25, 0.3) is 0 Å². The Kier molecular flexibility index (Phi) is 5.13. The maximum atomic E-state index is 14.0. The molecule has 1 nitrogen and oxygen atoms in total. The molecule has 2 aromatic rings. The predicted octanol–water partition coefficient (Wildman–Crippen LogP) is 4.67. The van der Waals surface area contributed by atoms with Gasteiger partial charge in [-0.25, -0.2) is 8.78 Å². The van der Waals surface area contributed by atoms with Crippen LogP contribution in [0.15, 0.2) is 40.9 Å². The van der Waals surface area contributed by atoms with Crippen LogP contribution in [-0.4, -0.2) is 6.54 Å². The number of halogens is 4. The Morgan fingerprint density at radius 1 is 1.10 bits per heavy atom. The third-order valence-corrected chi connectivity index (χ3v) is 4.08. The molecule has 5 heteroatoms. The van der Waals surface area contributed by atoms with Gasteiger partial charge in [-0.1, -0.05) is 23.7 Å². The molecule has 0 aliphatic rings. The van der Waals surface area contributed by atoms with Crippen molar-refractivity contribution >= 4 is 27.5 Å². The maximum absolute atomic E-state index is 14.0. The molecule has 0 aliphatic heterocycles. The van der Waals surface area contributed by atoms with Crippen LogP contribution in [0.3, 0.4) is 0 Å². The van der Waals surface area contributed by atoms with E-state index < -0.39 is 11.6 Å². The molecular weight excluding hydrogens is 348 g/mol. The molecular formula is C15H13BrClF2N. The zero-order valence-corrected chi connectivity index (χ0v) is 12.9. The van der Waals surface area contributed by atoms with Gasteiger partial charge >= 0.3 is 0 Å². The van der Waals surface area contributed by atoms with Crippen LogP contribution in [0.5, 0.6) is 0 Å². The van der Waals surface area contributed by atoms with Crippen LogP contribution in [-0.2, 0) is 6.42 Å². The Balaban J connectivity index is 2.31. The van der Waals surface area contributed by atoms with Gasteiger partial charge in [-0.15, -0.1) is 0 Å². The molecule has 0 fully saturated rings. The van der Waals surface area contributed by atoms with Crippen molar-refractivity contribution in [1.82, 2.24) is 0 Å². The van der Waals surface area contributed by atoms with Crippen molar-refractivity contribution < 1.29 is 8.78 Å². The molecule has 0 saturated carbocycles. The van der Waals surface area contributed by atoms with Crippen molar-refractivity contribution in [3.8, 4) is 0 Å². The highest BCUT2D eigenvalue weighted by Crippen LogP contribution is 2.27. The van der Waals surface area contributed by atoms with Gasteiger partial charge in [0.15, 0.2) is 0 Å². The topological polar surface area (TPSA) is 26.0 Å². The molecule has 0 radical (unpaired) electrons. The molecule has 0 heterocycles. The molecule has 2 rings (SSSR count). The Morgan fingerprint density at radius 3 is 2.35 bits per heavy atom. The van der Waals surface area contributed by atoms with E-state index in [0.717, 1.165) is 5.56 Å². The second-order valence-electron chi connectivity index (χ2n) is 4.51. The Hall–Kier alpha value is -0.970. The van der Waals surface area contributed by atoms with Crippen LogP contribution in [0, 0.1) is 11.6 Å². The molecule has 0 bridgehead atoms. The van der Waals surface area contributed by atoms with E-state index in [9.17, 15) is 8.78 Å². The third kappa shape index (κ3) is 3.37. The number of benzene rings is 2. The van der Waals surface area contributed by atoms with Gasteiger partial charge in [0.05, 0.1) is 4.47 Å². The highest BCUT2D eigenvalue weighted by Gasteiger charge is 2.18. The minimum Gasteiger partial charge on any atom is -0.330 e. The maximum Gasteiger partial charge on any atom is 0.143 e. The first kappa shape index (κ1) is 15.4. The quantitative estimate of drug-likeness (QED) is 0.788. The van der Waals surface area contributed by atoms with Crippen molar-refractivity contribution in [2.75, 3.05) is 6.54 Å². The summed E-state index contributed by atoms with van der Waals surface area (Å²) in [5.41, 5.74) is 6.70. The molecule has 106 valence electrons.